The zero-order valence-electron chi connectivity index (χ0n) is 17.7. The molecule has 0 saturated heterocycles. The van der Waals surface area contributed by atoms with Crippen molar-refractivity contribution < 1.29 is 9.59 Å². The van der Waals surface area contributed by atoms with Gasteiger partial charge in [-0.05, 0) is 42.5 Å². The van der Waals surface area contributed by atoms with E-state index in [4.69, 9.17) is 0 Å². The minimum Gasteiger partial charge on any atom is -0.362 e. The summed E-state index contributed by atoms with van der Waals surface area (Å²) in [7, 11) is 0. The van der Waals surface area contributed by atoms with E-state index in [1.807, 2.05) is 49.4 Å². The van der Waals surface area contributed by atoms with Crippen molar-refractivity contribution in [3.05, 3.63) is 105 Å². The second kappa shape index (κ2) is 8.55. The molecule has 3 heterocycles. The number of rotatable bonds is 4. The van der Waals surface area contributed by atoms with Crippen molar-refractivity contribution in [1.82, 2.24) is 10.3 Å². The molecular weight excluding hydrogens is 418 g/mol. The second-order valence-electron chi connectivity index (χ2n) is 8.11. The molecule has 2 aromatic heterocycles. The number of carbonyl (C=O) groups is 2. The molecule has 1 amide bonds. The Morgan fingerprint density at radius 3 is 2.59 bits per heavy atom. The molecule has 0 radical (unpaired) electrons. The number of thiophene rings is 1. The third kappa shape index (κ3) is 3.78. The van der Waals surface area contributed by atoms with Crippen molar-refractivity contribution >= 4 is 28.8 Å². The highest BCUT2D eigenvalue weighted by Crippen LogP contribution is 2.46. The summed E-state index contributed by atoms with van der Waals surface area (Å²) in [5.41, 5.74) is 3.91. The maximum Gasteiger partial charge on any atom is 0.255 e. The summed E-state index contributed by atoms with van der Waals surface area (Å²) in [4.78, 5) is 32.3. The number of Topliss-reactive ketones (excluding diaryl/α,β-unsaturated/α-hetero) is 1. The largest absolute Gasteiger partial charge is 0.362 e. The normalized spacial score (nSPS) is 20.6. The molecule has 1 aliphatic heterocycles. The Kier molecular flexibility index (Phi) is 5.45. The van der Waals surface area contributed by atoms with Gasteiger partial charge in [0, 0.05) is 51.9 Å². The number of nitrogens with one attached hydrogen (secondary N) is 2. The van der Waals surface area contributed by atoms with E-state index in [2.05, 4.69) is 27.1 Å². The molecule has 160 valence electrons. The van der Waals surface area contributed by atoms with E-state index >= 15 is 0 Å². The number of anilines is 1. The maximum atomic E-state index is 13.5. The molecule has 2 atom stereocenters. The predicted molar refractivity (Wildman–Crippen MR) is 126 cm³/mol. The van der Waals surface area contributed by atoms with Gasteiger partial charge in [0.2, 0.25) is 0 Å². The number of amides is 1. The minimum absolute atomic E-state index is 0.0987. The monoisotopic (exact) mass is 441 g/mol. The van der Waals surface area contributed by atoms with Gasteiger partial charge in [0.05, 0.1) is 0 Å². The number of allylic oxidation sites excluding steroid dienone is 3. The Bertz CT molecular complexity index is 1210. The van der Waals surface area contributed by atoms with Crippen molar-refractivity contribution in [2.45, 2.75) is 31.6 Å². The molecule has 0 fully saturated rings. The van der Waals surface area contributed by atoms with Crippen LogP contribution in [0.25, 0.3) is 0 Å². The summed E-state index contributed by atoms with van der Waals surface area (Å²) < 4.78 is 0. The van der Waals surface area contributed by atoms with Crippen molar-refractivity contribution in [2.75, 3.05) is 5.32 Å². The van der Waals surface area contributed by atoms with Gasteiger partial charge in [0.25, 0.3) is 5.91 Å². The summed E-state index contributed by atoms with van der Waals surface area (Å²) in [6, 6.07) is 19.3. The first-order valence-corrected chi connectivity index (χ1v) is 11.5. The summed E-state index contributed by atoms with van der Waals surface area (Å²) >= 11 is 1.69. The first-order valence-electron chi connectivity index (χ1n) is 10.7. The molecule has 3 aromatic rings. The zero-order chi connectivity index (χ0) is 22.1. The standard InChI is InChI=1S/C26H23N3O2S/c1-16-23(26(31)29-22-11-5-6-12-27-22)24(17-8-3-2-4-9-17)25-19(28-16)14-18(15-20(25)30)21-10-7-13-32-21/h2-13,18,24,28H,14-15H2,1H3,(H,27,29,31)/t18-,24+/m1/s1. The van der Waals surface area contributed by atoms with Gasteiger partial charge in [-0.2, -0.15) is 0 Å². The van der Waals surface area contributed by atoms with Gasteiger partial charge in [0.15, 0.2) is 5.78 Å². The van der Waals surface area contributed by atoms with Crippen LogP contribution in [0.2, 0.25) is 0 Å². The number of carbonyl (C=O) groups excluding carboxylic acids is 2. The molecular formula is C26H23N3O2S. The van der Waals surface area contributed by atoms with Crippen LogP contribution in [0.15, 0.2) is 94.8 Å². The fourth-order valence-corrected chi connectivity index (χ4v) is 5.49. The molecule has 0 bridgehead atoms. The molecule has 2 aliphatic rings. The highest BCUT2D eigenvalue weighted by molar-refractivity contribution is 7.10. The van der Waals surface area contributed by atoms with E-state index in [-0.39, 0.29) is 17.6 Å². The molecule has 5 nitrogen and oxygen atoms in total. The van der Waals surface area contributed by atoms with Gasteiger partial charge >= 0.3 is 0 Å². The lowest BCUT2D eigenvalue weighted by Crippen LogP contribution is -2.37. The number of ketones is 1. The quantitative estimate of drug-likeness (QED) is 0.588. The maximum absolute atomic E-state index is 13.5. The number of hydrogen-bond donors (Lipinski definition) is 2. The van der Waals surface area contributed by atoms with E-state index < -0.39 is 5.92 Å². The lowest BCUT2D eigenvalue weighted by atomic mass is 9.72. The van der Waals surface area contributed by atoms with E-state index in [0.29, 0.717) is 23.4 Å². The highest BCUT2D eigenvalue weighted by Gasteiger charge is 2.41. The second-order valence-corrected chi connectivity index (χ2v) is 9.09. The Morgan fingerprint density at radius 1 is 1.06 bits per heavy atom. The molecule has 0 unspecified atom stereocenters. The summed E-state index contributed by atoms with van der Waals surface area (Å²) in [6.45, 7) is 1.91. The number of hydrogen-bond acceptors (Lipinski definition) is 5. The lowest BCUT2D eigenvalue weighted by Gasteiger charge is -2.36. The van der Waals surface area contributed by atoms with Crippen LogP contribution in [-0.4, -0.2) is 16.7 Å². The molecule has 2 N–H and O–H groups in total. The summed E-state index contributed by atoms with van der Waals surface area (Å²) in [5, 5.41) is 8.37. The first kappa shape index (κ1) is 20.4. The van der Waals surface area contributed by atoms with Gasteiger partial charge in [-0.3, -0.25) is 9.59 Å². The smallest absolute Gasteiger partial charge is 0.255 e. The topological polar surface area (TPSA) is 71.1 Å². The molecule has 0 spiro atoms. The number of dihydropyridines is 1. The van der Waals surface area contributed by atoms with Crippen LogP contribution in [0.4, 0.5) is 5.82 Å². The fraction of sp³-hybridized carbons (Fsp3) is 0.192. The van der Waals surface area contributed by atoms with E-state index in [1.165, 1.54) is 4.88 Å². The van der Waals surface area contributed by atoms with Crippen LogP contribution in [0.1, 0.15) is 42.0 Å². The van der Waals surface area contributed by atoms with E-state index in [1.54, 1.807) is 29.7 Å². The Hall–Kier alpha value is -3.51. The van der Waals surface area contributed by atoms with Gasteiger partial charge in [0.1, 0.15) is 5.82 Å². The van der Waals surface area contributed by atoms with Crippen molar-refractivity contribution in [3.8, 4) is 0 Å². The Morgan fingerprint density at radius 2 is 1.88 bits per heavy atom. The first-order chi connectivity index (χ1) is 15.6. The average Bonchev–Trinajstić information content (AvgIpc) is 3.34. The van der Waals surface area contributed by atoms with Gasteiger partial charge in [-0.15, -0.1) is 11.3 Å². The zero-order valence-corrected chi connectivity index (χ0v) is 18.5. The third-order valence-corrected chi connectivity index (χ3v) is 7.09. The van der Waals surface area contributed by atoms with Crippen molar-refractivity contribution in [3.63, 3.8) is 0 Å². The van der Waals surface area contributed by atoms with Crippen LogP contribution in [0.5, 0.6) is 0 Å². The van der Waals surface area contributed by atoms with Crippen LogP contribution in [0, 0.1) is 0 Å². The molecule has 1 aromatic carbocycles. The minimum atomic E-state index is -0.409. The van der Waals surface area contributed by atoms with E-state index in [0.717, 1.165) is 23.4 Å². The van der Waals surface area contributed by atoms with Gasteiger partial charge in [-0.1, -0.05) is 42.5 Å². The highest BCUT2D eigenvalue weighted by atomic mass is 32.1. The molecule has 1 aliphatic carbocycles. The van der Waals surface area contributed by atoms with Gasteiger partial charge in [-0.25, -0.2) is 4.98 Å². The van der Waals surface area contributed by atoms with Crippen molar-refractivity contribution in [1.29, 1.82) is 0 Å². The van der Waals surface area contributed by atoms with Crippen LogP contribution in [0.3, 0.4) is 0 Å². The summed E-state index contributed by atoms with van der Waals surface area (Å²) in [5.74, 6) is 0.0934. The van der Waals surface area contributed by atoms with Crippen LogP contribution < -0.4 is 10.6 Å². The molecule has 32 heavy (non-hydrogen) atoms. The van der Waals surface area contributed by atoms with E-state index in [9.17, 15) is 9.59 Å². The predicted octanol–water partition coefficient (Wildman–Crippen LogP) is 5.14. The molecule has 5 rings (SSSR count). The summed E-state index contributed by atoms with van der Waals surface area (Å²) in [6.07, 6.45) is 2.86. The number of benzene rings is 1. The number of aromatic nitrogens is 1. The fourth-order valence-electron chi connectivity index (χ4n) is 4.66. The number of nitrogens with zero attached hydrogens (tertiary/aromatic N) is 1. The SMILES string of the molecule is CC1=C(C(=O)Nc2ccccn2)[C@H](c2ccccc2)C2=C(C[C@@H](c3cccs3)CC2=O)N1. The molecule has 6 heteroatoms. The third-order valence-electron chi connectivity index (χ3n) is 6.06. The van der Waals surface area contributed by atoms with Crippen molar-refractivity contribution in [2.24, 2.45) is 0 Å². The molecule has 0 saturated carbocycles. The van der Waals surface area contributed by atoms with Crippen LogP contribution >= 0.6 is 11.3 Å². The average molecular weight is 442 g/mol. The Balaban J connectivity index is 1.56. The van der Waals surface area contributed by atoms with Crippen LogP contribution in [-0.2, 0) is 9.59 Å². The number of pyridine rings is 1. The lowest BCUT2D eigenvalue weighted by molar-refractivity contribution is -0.116. The van der Waals surface area contributed by atoms with Gasteiger partial charge < -0.3 is 10.6 Å². The Labute approximate surface area is 190 Å².